The molecule has 2 aliphatic rings. The molecule has 1 aromatic rings. The minimum absolute atomic E-state index is 0.169. The number of carbonyl (C=O) groups excluding carboxylic acids is 1. The molecule has 1 amide bonds. The number of hydrogen-bond donors (Lipinski definition) is 1. The Morgan fingerprint density at radius 2 is 1.95 bits per heavy atom. The molecule has 8 heteroatoms. The van der Waals surface area contributed by atoms with E-state index in [4.69, 9.17) is 5.11 Å². The van der Waals surface area contributed by atoms with E-state index in [0.29, 0.717) is 13.1 Å². The fourth-order valence-electron chi connectivity index (χ4n) is 2.57. The van der Waals surface area contributed by atoms with E-state index in [9.17, 15) is 9.59 Å². The molecule has 0 atom stereocenters. The maximum atomic E-state index is 12.3. The Hall–Kier alpha value is -1.96. The van der Waals surface area contributed by atoms with Gasteiger partial charge in [-0.1, -0.05) is 5.21 Å². The van der Waals surface area contributed by atoms with E-state index in [1.54, 1.807) is 4.90 Å². The van der Waals surface area contributed by atoms with Crippen LogP contribution in [0, 0.1) is 5.92 Å². The van der Waals surface area contributed by atoms with Gasteiger partial charge in [0.2, 0.25) is 0 Å². The van der Waals surface area contributed by atoms with Crippen molar-refractivity contribution in [3.05, 3.63) is 11.9 Å². The zero-order valence-electron chi connectivity index (χ0n) is 11.8. The Morgan fingerprint density at radius 3 is 2.57 bits per heavy atom. The van der Waals surface area contributed by atoms with Crippen LogP contribution in [0.4, 0.5) is 0 Å². The summed E-state index contributed by atoms with van der Waals surface area (Å²) in [6.45, 7) is 4.04. The normalized spacial score (nSPS) is 19.7. The summed E-state index contributed by atoms with van der Waals surface area (Å²) in [5, 5.41) is 16.1. The van der Waals surface area contributed by atoms with Gasteiger partial charge in [-0.15, -0.1) is 5.10 Å². The predicted molar refractivity (Wildman–Crippen MR) is 72.7 cm³/mol. The molecular weight excluding hydrogens is 274 g/mol. The molecule has 1 saturated heterocycles. The lowest BCUT2D eigenvalue weighted by Crippen LogP contribution is -2.49. The molecule has 0 spiro atoms. The number of aromatic nitrogens is 3. The fraction of sp³-hybridized carbons (Fsp3) is 0.692. The van der Waals surface area contributed by atoms with Crippen molar-refractivity contribution in [2.24, 2.45) is 5.92 Å². The van der Waals surface area contributed by atoms with Crippen molar-refractivity contribution in [3.8, 4) is 0 Å². The highest BCUT2D eigenvalue weighted by molar-refractivity contribution is 5.92. The van der Waals surface area contributed by atoms with E-state index in [2.05, 4.69) is 15.2 Å². The van der Waals surface area contributed by atoms with Gasteiger partial charge in [-0.2, -0.15) is 0 Å². The Labute approximate surface area is 122 Å². The first kappa shape index (κ1) is 14.0. The number of amides is 1. The Bertz CT molecular complexity index is 532. The van der Waals surface area contributed by atoms with Gasteiger partial charge >= 0.3 is 5.97 Å². The summed E-state index contributed by atoms with van der Waals surface area (Å²) in [5.74, 6) is -0.312. The Morgan fingerprint density at radius 1 is 1.24 bits per heavy atom. The van der Waals surface area contributed by atoms with E-state index in [-0.39, 0.29) is 18.1 Å². The van der Waals surface area contributed by atoms with Gasteiger partial charge in [0.05, 0.1) is 6.20 Å². The third kappa shape index (κ3) is 3.57. The first-order chi connectivity index (χ1) is 10.1. The fourth-order valence-corrected chi connectivity index (χ4v) is 2.57. The van der Waals surface area contributed by atoms with Crippen LogP contribution in [-0.2, 0) is 11.3 Å². The number of piperazine rings is 1. The summed E-state index contributed by atoms with van der Waals surface area (Å²) in [6.07, 6.45) is 4.07. The molecule has 3 rings (SSSR count). The Kier molecular flexibility index (Phi) is 3.87. The minimum atomic E-state index is -1.01. The third-order valence-corrected chi connectivity index (χ3v) is 3.93. The molecule has 0 aromatic carbocycles. The number of carbonyl (C=O) groups is 2. The van der Waals surface area contributed by atoms with Crippen LogP contribution >= 0.6 is 0 Å². The quantitative estimate of drug-likeness (QED) is 0.789. The molecule has 114 valence electrons. The van der Waals surface area contributed by atoms with Crippen LogP contribution in [0.2, 0.25) is 0 Å². The average molecular weight is 293 g/mol. The van der Waals surface area contributed by atoms with Crippen LogP contribution in [-0.4, -0.2) is 74.5 Å². The number of aliphatic carboxylic acids is 1. The van der Waals surface area contributed by atoms with Crippen LogP contribution in [0.15, 0.2) is 6.20 Å². The van der Waals surface area contributed by atoms with Gasteiger partial charge in [0.15, 0.2) is 5.69 Å². The number of carboxylic acids is 1. The van der Waals surface area contributed by atoms with Gasteiger partial charge < -0.3 is 10.0 Å². The van der Waals surface area contributed by atoms with Gasteiger partial charge in [-0.3, -0.25) is 14.5 Å². The maximum absolute atomic E-state index is 12.3. The van der Waals surface area contributed by atoms with E-state index in [1.165, 1.54) is 23.7 Å². The molecule has 2 fully saturated rings. The smallest absolute Gasteiger partial charge is 0.325 e. The molecular formula is C13H19N5O3. The zero-order chi connectivity index (χ0) is 14.8. The molecule has 1 saturated carbocycles. The second-order valence-electron chi connectivity index (χ2n) is 5.73. The van der Waals surface area contributed by atoms with Gasteiger partial charge in [0.25, 0.3) is 5.91 Å². The van der Waals surface area contributed by atoms with Crippen molar-refractivity contribution in [3.63, 3.8) is 0 Å². The van der Waals surface area contributed by atoms with Gasteiger partial charge in [0.1, 0.15) is 6.54 Å². The van der Waals surface area contributed by atoms with Crippen LogP contribution in [0.1, 0.15) is 23.3 Å². The van der Waals surface area contributed by atoms with Crippen molar-refractivity contribution in [2.75, 3.05) is 32.7 Å². The summed E-state index contributed by atoms with van der Waals surface area (Å²) < 4.78 is 1.17. The lowest BCUT2D eigenvalue weighted by molar-refractivity contribution is -0.137. The van der Waals surface area contributed by atoms with Crippen LogP contribution in [0.3, 0.4) is 0 Å². The molecule has 0 radical (unpaired) electrons. The molecule has 8 nitrogen and oxygen atoms in total. The van der Waals surface area contributed by atoms with Gasteiger partial charge in [-0.25, -0.2) is 4.68 Å². The van der Waals surface area contributed by atoms with Gasteiger partial charge in [0, 0.05) is 32.7 Å². The highest BCUT2D eigenvalue weighted by Gasteiger charge is 2.28. The summed E-state index contributed by atoms with van der Waals surface area (Å²) in [7, 11) is 0. The SMILES string of the molecule is O=C(O)Cn1cc(C(=O)N2CCN(CC3CC3)CC2)nn1. The Balaban J connectivity index is 1.53. The van der Waals surface area contributed by atoms with Gasteiger partial charge in [-0.05, 0) is 18.8 Å². The number of rotatable bonds is 5. The second kappa shape index (κ2) is 5.80. The van der Waals surface area contributed by atoms with Crippen LogP contribution in [0.25, 0.3) is 0 Å². The van der Waals surface area contributed by atoms with Crippen molar-refractivity contribution >= 4 is 11.9 Å². The third-order valence-electron chi connectivity index (χ3n) is 3.93. The lowest BCUT2D eigenvalue weighted by atomic mass is 10.2. The van der Waals surface area contributed by atoms with Crippen molar-refractivity contribution < 1.29 is 14.7 Å². The van der Waals surface area contributed by atoms with Crippen LogP contribution < -0.4 is 0 Å². The molecule has 1 N–H and O–H groups in total. The van der Waals surface area contributed by atoms with Crippen molar-refractivity contribution in [2.45, 2.75) is 19.4 Å². The second-order valence-corrected chi connectivity index (χ2v) is 5.73. The zero-order valence-corrected chi connectivity index (χ0v) is 11.8. The molecule has 1 aromatic heterocycles. The summed E-state index contributed by atoms with van der Waals surface area (Å²) in [5.41, 5.74) is 0.215. The number of nitrogens with zero attached hydrogens (tertiary/aromatic N) is 5. The summed E-state index contributed by atoms with van der Waals surface area (Å²) >= 11 is 0. The summed E-state index contributed by atoms with van der Waals surface area (Å²) in [6, 6.07) is 0. The maximum Gasteiger partial charge on any atom is 0.325 e. The van der Waals surface area contributed by atoms with Crippen molar-refractivity contribution in [1.82, 2.24) is 24.8 Å². The van der Waals surface area contributed by atoms with E-state index >= 15 is 0 Å². The number of carboxylic acid groups (broad SMARTS) is 1. The largest absolute Gasteiger partial charge is 0.480 e. The number of hydrogen-bond acceptors (Lipinski definition) is 5. The highest BCUT2D eigenvalue weighted by Crippen LogP contribution is 2.29. The summed E-state index contributed by atoms with van der Waals surface area (Å²) in [4.78, 5) is 27.0. The first-order valence-corrected chi connectivity index (χ1v) is 7.25. The molecule has 0 bridgehead atoms. The van der Waals surface area contributed by atoms with Crippen LogP contribution in [0.5, 0.6) is 0 Å². The predicted octanol–water partition coefficient (Wildman–Crippen LogP) is -0.469. The molecule has 2 heterocycles. The van der Waals surface area contributed by atoms with E-state index in [1.807, 2.05) is 0 Å². The lowest BCUT2D eigenvalue weighted by Gasteiger charge is -2.34. The molecule has 1 aliphatic carbocycles. The standard InChI is InChI=1S/C13H19N5O3/c19-12(20)9-18-8-11(14-15-18)13(21)17-5-3-16(4-6-17)7-10-1-2-10/h8,10H,1-7,9H2,(H,19,20). The average Bonchev–Trinajstić information content (AvgIpc) is 3.15. The van der Waals surface area contributed by atoms with E-state index < -0.39 is 5.97 Å². The highest BCUT2D eigenvalue weighted by atomic mass is 16.4. The van der Waals surface area contributed by atoms with E-state index in [0.717, 1.165) is 25.6 Å². The molecule has 0 unspecified atom stereocenters. The molecule has 21 heavy (non-hydrogen) atoms. The molecule has 1 aliphatic heterocycles. The monoisotopic (exact) mass is 293 g/mol. The topological polar surface area (TPSA) is 91.6 Å². The van der Waals surface area contributed by atoms with Crippen molar-refractivity contribution in [1.29, 1.82) is 0 Å². The minimum Gasteiger partial charge on any atom is -0.480 e. The first-order valence-electron chi connectivity index (χ1n) is 7.25.